The summed E-state index contributed by atoms with van der Waals surface area (Å²) >= 11 is 0. The molecule has 0 aliphatic heterocycles. The molecule has 0 saturated carbocycles. The Balaban J connectivity index is 2.12. The average molecular weight is 257 g/mol. The Morgan fingerprint density at radius 2 is 1.89 bits per heavy atom. The standard InChI is InChI=1S/C16H23N3/c1-13(2)19-10-9-16(18-19)11-15(12-17-3)14-7-5-4-6-8-14/h4-10,13,15,17H,11-12H2,1-3H3. The van der Waals surface area contributed by atoms with Gasteiger partial charge in [0, 0.05) is 24.7 Å². The van der Waals surface area contributed by atoms with Gasteiger partial charge < -0.3 is 5.32 Å². The van der Waals surface area contributed by atoms with Gasteiger partial charge in [-0.25, -0.2) is 0 Å². The average Bonchev–Trinajstić information content (AvgIpc) is 2.88. The number of hydrogen-bond acceptors (Lipinski definition) is 2. The van der Waals surface area contributed by atoms with Crippen LogP contribution in [0.1, 0.15) is 37.1 Å². The van der Waals surface area contributed by atoms with Crippen LogP contribution >= 0.6 is 0 Å². The van der Waals surface area contributed by atoms with Gasteiger partial charge in [0.1, 0.15) is 0 Å². The van der Waals surface area contributed by atoms with Gasteiger partial charge in [0.2, 0.25) is 0 Å². The molecular weight excluding hydrogens is 234 g/mol. The molecule has 1 heterocycles. The lowest BCUT2D eigenvalue weighted by atomic mass is 9.94. The molecule has 2 aromatic rings. The molecule has 1 atom stereocenters. The van der Waals surface area contributed by atoms with E-state index in [0.29, 0.717) is 12.0 Å². The van der Waals surface area contributed by atoms with Crippen LogP contribution in [-0.2, 0) is 6.42 Å². The Bertz CT molecular complexity index is 488. The summed E-state index contributed by atoms with van der Waals surface area (Å²) in [4.78, 5) is 0. The van der Waals surface area contributed by atoms with Gasteiger partial charge >= 0.3 is 0 Å². The largest absolute Gasteiger partial charge is 0.319 e. The van der Waals surface area contributed by atoms with E-state index in [1.165, 1.54) is 5.56 Å². The van der Waals surface area contributed by atoms with Crippen molar-refractivity contribution < 1.29 is 0 Å². The molecule has 2 rings (SSSR count). The van der Waals surface area contributed by atoms with E-state index in [0.717, 1.165) is 18.7 Å². The highest BCUT2D eigenvalue weighted by Crippen LogP contribution is 2.19. The van der Waals surface area contributed by atoms with Crippen molar-refractivity contribution in [3.63, 3.8) is 0 Å². The van der Waals surface area contributed by atoms with Crippen molar-refractivity contribution in [3.8, 4) is 0 Å². The molecule has 0 amide bonds. The number of nitrogens with zero attached hydrogens (tertiary/aromatic N) is 2. The van der Waals surface area contributed by atoms with Crippen LogP contribution in [-0.4, -0.2) is 23.4 Å². The van der Waals surface area contributed by atoms with Crippen LogP contribution in [0.4, 0.5) is 0 Å². The summed E-state index contributed by atoms with van der Waals surface area (Å²) in [6.45, 7) is 5.27. The Labute approximate surface area is 115 Å². The van der Waals surface area contributed by atoms with E-state index in [-0.39, 0.29) is 0 Å². The maximum atomic E-state index is 4.65. The molecule has 0 fully saturated rings. The zero-order valence-electron chi connectivity index (χ0n) is 12.0. The van der Waals surface area contributed by atoms with Crippen LogP contribution in [0.25, 0.3) is 0 Å². The van der Waals surface area contributed by atoms with Crippen molar-refractivity contribution in [2.24, 2.45) is 0 Å². The third-order valence-electron chi connectivity index (χ3n) is 3.37. The van der Waals surface area contributed by atoms with Gasteiger partial charge in [0.15, 0.2) is 0 Å². The van der Waals surface area contributed by atoms with Gasteiger partial charge in [0.25, 0.3) is 0 Å². The molecule has 1 aromatic carbocycles. The fraction of sp³-hybridized carbons (Fsp3) is 0.438. The topological polar surface area (TPSA) is 29.9 Å². The third-order valence-corrected chi connectivity index (χ3v) is 3.37. The van der Waals surface area contributed by atoms with E-state index in [1.807, 2.05) is 11.7 Å². The van der Waals surface area contributed by atoms with Gasteiger partial charge in [-0.05, 0) is 38.9 Å². The molecule has 3 heteroatoms. The zero-order valence-corrected chi connectivity index (χ0v) is 12.0. The molecule has 0 aliphatic rings. The van der Waals surface area contributed by atoms with Crippen molar-refractivity contribution in [2.45, 2.75) is 32.2 Å². The molecule has 0 spiro atoms. The third kappa shape index (κ3) is 3.67. The summed E-state index contributed by atoms with van der Waals surface area (Å²) in [5.41, 5.74) is 2.54. The Morgan fingerprint density at radius 1 is 1.16 bits per heavy atom. The van der Waals surface area contributed by atoms with E-state index < -0.39 is 0 Å². The highest BCUT2D eigenvalue weighted by molar-refractivity contribution is 5.22. The van der Waals surface area contributed by atoms with Gasteiger partial charge in [-0.3, -0.25) is 4.68 Å². The number of benzene rings is 1. The highest BCUT2D eigenvalue weighted by atomic mass is 15.3. The Kier molecular flexibility index (Phi) is 4.74. The fourth-order valence-electron chi connectivity index (χ4n) is 2.31. The number of rotatable bonds is 6. The van der Waals surface area contributed by atoms with Crippen molar-refractivity contribution in [1.29, 1.82) is 0 Å². The second-order valence-corrected chi connectivity index (χ2v) is 5.25. The molecule has 1 unspecified atom stereocenters. The SMILES string of the molecule is CNCC(Cc1ccn(C(C)C)n1)c1ccccc1. The summed E-state index contributed by atoms with van der Waals surface area (Å²) in [5.74, 6) is 0.474. The zero-order chi connectivity index (χ0) is 13.7. The van der Waals surface area contributed by atoms with Crippen molar-refractivity contribution in [2.75, 3.05) is 13.6 Å². The molecule has 1 aromatic heterocycles. The first-order chi connectivity index (χ1) is 9.20. The van der Waals surface area contributed by atoms with Crippen LogP contribution < -0.4 is 5.32 Å². The van der Waals surface area contributed by atoms with E-state index in [2.05, 4.69) is 66.9 Å². The van der Waals surface area contributed by atoms with E-state index in [9.17, 15) is 0 Å². The molecule has 0 radical (unpaired) electrons. The number of likely N-dealkylation sites (N-methyl/N-ethyl adjacent to an activating group) is 1. The van der Waals surface area contributed by atoms with E-state index in [1.54, 1.807) is 0 Å². The summed E-state index contributed by atoms with van der Waals surface area (Å²) in [6, 6.07) is 13.2. The lowest BCUT2D eigenvalue weighted by Crippen LogP contribution is -2.19. The summed E-state index contributed by atoms with van der Waals surface area (Å²) < 4.78 is 2.02. The maximum absolute atomic E-state index is 4.65. The van der Waals surface area contributed by atoms with Crippen molar-refractivity contribution >= 4 is 0 Å². The van der Waals surface area contributed by atoms with Gasteiger partial charge in [-0.15, -0.1) is 0 Å². The van der Waals surface area contributed by atoms with E-state index in [4.69, 9.17) is 0 Å². The van der Waals surface area contributed by atoms with Crippen LogP contribution in [0.15, 0.2) is 42.6 Å². The first-order valence-corrected chi connectivity index (χ1v) is 6.94. The highest BCUT2D eigenvalue weighted by Gasteiger charge is 2.13. The molecule has 1 N–H and O–H groups in total. The number of aromatic nitrogens is 2. The quantitative estimate of drug-likeness (QED) is 0.862. The maximum Gasteiger partial charge on any atom is 0.0631 e. The monoisotopic (exact) mass is 257 g/mol. The van der Waals surface area contributed by atoms with Gasteiger partial charge in [-0.2, -0.15) is 5.10 Å². The lowest BCUT2D eigenvalue weighted by Gasteiger charge is -2.16. The summed E-state index contributed by atoms with van der Waals surface area (Å²) in [7, 11) is 2.00. The summed E-state index contributed by atoms with van der Waals surface area (Å²) in [5, 5.41) is 7.93. The van der Waals surface area contributed by atoms with Crippen molar-refractivity contribution in [3.05, 3.63) is 53.9 Å². The van der Waals surface area contributed by atoms with Crippen LogP contribution in [0.5, 0.6) is 0 Å². The van der Waals surface area contributed by atoms with Crippen molar-refractivity contribution in [1.82, 2.24) is 15.1 Å². The Hall–Kier alpha value is -1.61. The number of nitrogens with one attached hydrogen (secondary N) is 1. The predicted octanol–water partition coefficient (Wildman–Crippen LogP) is 3.01. The second-order valence-electron chi connectivity index (χ2n) is 5.25. The van der Waals surface area contributed by atoms with Crippen LogP contribution in [0.3, 0.4) is 0 Å². The number of hydrogen-bond donors (Lipinski definition) is 1. The lowest BCUT2D eigenvalue weighted by molar-refractivity contribution is 0.520. The minimum absolute atomic E-state index is 0.424. The molecule has 0 bridgehead atoms. The molecule has 0 aliphatic carbocycles. The smallest absolute Gasteiger partial charge is 0.0631 e. The first-order valence-electron chi connectivity index (χ1n) is 6.94. The summed E-state index contributed by atoms with van der Waals surface area (Å²) in [6.07, 6.45) is 3.05. The molecule has 102 valence electrons. The molecular formula is C16H23N3. The van der Waals surface area contributed by atoms with Crippen LogP contribution in [0, 0.1) is 0 Å². The minimum Gasteiger partial charge on any atom is -0.319 e. The van der Waals surface area contributed by atoms with Gasteiger partial charge in [-0.1, -0.05) is 30.3 Å². The minimum atomic E-state index is 0.424. The van der Waals surface area contributed by atoms with Crippen LogP contribution in [0.2, 0.25) is 0 Å². The fourth-order valence-corrected chi connectivity index (χ4v) is 2.31. The predicted molar refractivity (Wildman–Crippen MR) is 79.4 cm³/mol. The Morgan fingerprint density at radius 3 is 2.47 bits per heavy atom. The second kappa shape index (κ2) is 6.53. The van der Waals surface area contributed by atoms with Gasteiger partial charge in [0.05, 0.1) is 5.69 Å². The normalized spacial score (nSPS) is 12.8. The first kappa shape index (κ1) is 13.8. The molecule has 3 nitrogen and oxygen atoms in total. The molecule has 19 heavy (non-hydrogen) atoms. The molecule has 0 saturated heterocycles. The van der Waals surface area contributed by atoms with E-state index >= 15 is 0 Å².